The molecule has 3 N–H and O–H groups in total. The van der Waals surface area contributed by atoms with Crippen molar-refractivity contribution in [3.63, 3.8) is 0 Å². The molecule has 0 radical (unpaired) electrons. The molecule has 3 amide bonds. The molecule has 0 aromatic heterocycles. The molecule has 2 rings (SSSR count). The second-order valence-corrected chi connectivity index (χ2v) is 5.68. The van der Waals surface area contributed by atoms with Crippen LogP contribution in [-0.4, -0.2) is 24.3 Å². The van der Waals surface area contributed by atoms with Crippen molar-refractivity contribution in [3.8, 4) is 0 Å². The largest absolute Gasteiger partial charge is 0.343 e. The Balaban J connectivity index is 1.78. The van der Waals surface area contributed by atoms with Gasteiger partial charge in [0.15, 0.2) is 0 Å². The van der Waals surface area contributed by atoms with E-state index < -0.39 is 17.7 Å². The summed E-state index contributed by atoms with van der Waals surface area (Å²) in [6.07, 6.45) is 0.880. The molecule has 130 valence electrons. The summed E-state index contributed by atoms with van der Waals surface area (Å²) in [5, 5.41) is 2.87. The minimum atomic E-state index is -0.547. The lowest BCUT2D eigenvalue weighted by Gasteiger charge is -2.09. The first-order chi connectivity index (χ1) is 12.0. The lowest BCUT2D eigenvalue weighted by molar-refractivity contribution is -0.120. The third kappa shape index (κ3) is 5.61. The third-order valence-electron chi connectivity index (χ3n) is 3.44. The first kappa shape index (κ1) is 18.5. The molecule has 0 aliphatic rings. The van der Waals surface area contributed by atoms with E-state index in [1.54, 1.807) is 30.3 Å². The third-order valence-corrected chi connectivity index (χ3v) is 3.67. The Morgan fingerprint density at radius 2 is 1.64 bits per heavy atom. The normalized spacial score (nSPS) is 10.0. The molecule has 0 spiro atoms. The van der Waals surface area contributed by atoms with Crippen LogP contribution in [0.2, 0.25) is 5.02 Å². The Kier molecular flexibility index (Phi) is 6.54. The minimum absolute atomic E-state index is 0.277. The number of nitrogens with one attached hydrogen (secondary N) is 3. The molecule has 0 aliphatic heterocycles. The number of carbonyl (C=O) groups is 3. The van der Waals surface area contributed by atoms with Gasteiger partial charge in [-0.3, -0.25) is 25.2 Å². The van der Waals surface area contributed by atoms with Crippen molar-refractivity contribution in [1.29, 1.82) is 0 Å². The van der Waals surface area contributed by atoms with Crippen molar-refractivity contribution in [2.75, 3.05) is 6.54 Å². The summed E-state index contributed by atoms with van der Waals surface area (Å²) in [7, 11) is 0. The van der Waals surface area contributed by atoms with Gasteiger partial charge < -0.3 is 5.32 Å². The molecule has 0 saturated carbocycles. The number of hydrazine groups is 1. The van der Waals surface area contributed by atoms with Gasteiger partial charge in [-0.15, -0.1) is 0 Å². The summed E-state index contributed by atoms with van der Waals surface area (Å²) in [5.74, 6) is -1.41. The van der Waals surface area contributed by atoms with E-state index in [0.29, 0.717) is 16.1 Å². The second kappa shape index (κ2) is 8.84. The van der Waals surface area contributed by atoms with Crippen LogP contribution in [0.3, 0.4) is 0 Å². The van der Waals surface area contributed by atoms with Crippen LogP contribution in [0.25, 0.3) is 0 Å². The zero-order valence-corrected chi connectivity index (χ0v) is 14.4. The van der Waals surface area contributed by atoms with E-state index in [1.807, 2.05) is 19.1 Å². The molecule has 2 aromatic rings. The van der Waals surface area contributed by atoms with Crippen molar-refractivity contribution in [3.05, 3.63) is 70.2 Å². The maximum absolute atomic E-state index is 11.9. The van der Waals surface area contributed by atoms with Gasteiger partial charge in [-0.1, -0.05) is 36.7 Å². The number of hydrogen-bond donors (Lipinski definition) is 3. The molecular weight excluding hydrogens is 342 g/mol. The number of amides is 3. The molecule has 0 unspecified atom stereocenters. The molecule has 25 heavy (non-hydrogen) atoms. The van der Waals surface area contributed by atoms with Gasteiger partial charge in [0.1, 0.15) is 0 Å². The van der Waals surface area contributed by atoms with Gasteiger partial charge in [0.05, 0.1) is 6.54 Å². The summed E-state index contributed by atoms with van der Waals surface area (Å²) in [4.78, 5) is 35.5. The van der Waals surface area contributed by atoms with Gasteiger partial charge in [-0.25, -0.2) is 0 Å². The fourth-order valence-corrected chi connectivity index (χ4v) is 2.22. The van der Waals surface area contributed by atoms with Crippen LogP contribution >= 0.6 is 11.6 Å². The summed E-state index contributed by atoms with van der Waals surface area (Å²) in [5.41, 5.74) is 6.44. The van der Waals surface area contributed by atoms with Gasteiger partial charge in [-0.05, 0) is 42.3 Å². The van der Waals surface area contributed by atoms with Crippen LogP contribution in [0.15, 0.2) is 48.5 Å². The molecule has 0 bridgehead atoms. The van der Waals surface area contributed by atoms with Gasteiger partial charge in [0.2, 0.25) is 0 Å². The maximum Gasteiger partial charge on any atom is 0.269 e. The van der Waals surface area contributed by atoms with Crippen molar-refractivity contribution in [2.24, 2.45) is 0 Å². The fraction of sp³-hybridized carbons (Fsp3) is 0.167. The Morgan fingerprint density at radius 3 is 2.28 bits per heavy atom. The molecule has 0 aliphatic carbocycles. The molecule has 0 heterocycles. The smallest absolute Gasteiger partial charge is 0.269 e. The van der Waals surface area contributed by atoms with Crippen molar-refractivity contribution in [1.82, 2.24) is 16.2 Å². The number of aryl methyl sites for hydroxylation is 1. The van der Waals surface area contributed by atoms with Gasteiger partial charge in [-0.2, -0.15) is 0 Å². The predicted octanol–water partition coefficient (Wildman–Crippen LogP) is 2.09. The van der Waals surface area contributed by atoms with Crippen molar-refractivity contribution < 1.29 is 14.4 Å². The molecule has 6 nitrogen and oxygen atoms in total. The molecule has 7 heteroatoms. The molecule has 0 saturated heterocycles. The van der Waals surface area contributed by atoms with E-state index in [2.05, 4.69) is 16.2 Å². The van der Waals surface area contributed by atoms with Gasteiger partial charge >= 0.3 is 0 Å². The average molecular weight is 360 g/mol. The highest BCUT2D eigenvalue weighted by atomic mass is 35.5. The number of hydrogen-bond acceptors (Lipinski definition) is 3. The van der Waals surface area contributed by atoms with Crippen LogP contribution in [0.4, 0.5) is 0 Å². The van der Waals surface area contributed by atoms with Crippen LogP contribution in [0.1, 0.15) is 33.2 Å². The van der Waals surface area contributed by atoms with E-state index in [9.17, 15) is 14.4 Å². The first-order valence-electron chi connectivity index (χ1n) is 7.71. The first-order valence-corrected chi connectivity index (χ1v) is 8.09. The molecule has 0 atom stereocenters. The maximum atomic E-state index is 11.9. The topological polar surface area (TPSA) is 87.3 Å². The molecule has 0 fully saturated rings. The van der Waals surface area contributed by atoms with Crippen molar-refractivity contribution >= 4 is 29.3 Å². The number of rotatable bonds is 5. The second-order valence-electron chi connectivity index (χ2n) is 5.25. The quantitative estimate of drug-likeness (QED) is 0.714. The van der Waals surface area contributed by atoms with Crippen molar-refractivity contribution in [2.45, 2.75) is 13.3 Å². The van der Waals surface area contributed by atoms with E-state index in [0.717, 1.165) is 12.0 Å². The number of benzene rings is 2. The highest BCUT2D eigenvalue weighted by Crippen LogP contribution is 2.10. The average Bonchev–Trinajstić information content (AvgIpc) is 2.64. The fourth-order valence-electron chi connectivity index (χ4n) is 2.03. The number of carbonyl (C=O) groups excluding carboxylic acids is 3. The van der Waals surface area contributed by atoms with E-state index >= 15 is 0 Å². The van der Waals surface area contributed by atoms with Crippen LogP contribution in [-0.2, 0) is 11.2 Å². The molecule has 2 aromatic carbocycles. The Hall–Kier alpha value is -2.86. The van der Waals surface area contributed by atoms with Gasteiger partial charge in [0.25, 0.3) is 17.7 Å². The van der Waals surface area contributed by atoms with E-state index in [4.69, 9.17) is 11.6 Å². The predicted molar refractivity (Wildman–Crippen MR) is 95.2 cm³/mol. The van der Waals surface area contributed by atoms with Gasteiger partial charge in [0, 0.05) is 16.1 Å². The highest BCUT2D eigenvalue weighted by molar-refractivity contribution is 6.31. The molecular formula is C18H18ClN3O3. The lowest BCUT2D eigenvalue weighted by atomic mass is 10.1. The summed E-state index contributed by atoms with van der Waals surface area (Å²) >= 11 is 5.81. The minimum Gasteiger partial charge on any atom is -0.343 e. The summed E-state index contributed by atoms with van der Waals surface area (Å²) in [6, 6.07) is 13.4. The van der Waals surface area contributed by atoms with Crippen LogP contribution in [0.5, 0.6) is 0 Å². The zero-order chi connectivity index (χ0) is 18.2. The Morgan fingerprint density at radius 1 is 0.920 bits per heavy atom. The lowest BCUT2D eigenvalue weighted by Crippen LogP contribution is -2.46. The number of halogens is 1. The standard InChI is InChI=1S/C18H18ClN3O3/c1-2-12-6-8-13(9-7-12)18(25)22-21-16(23)11-20-17(24)14-4-3-5-15(19)10-14/h3-10H,2,11H2,1H3,(H,20,24)(H,21,23)(H,22,25). The Labute approximate surface area is 150 Å². The highest BCUT2D eigenvalue weighted by Gasteiger charge is 2.10. The summed E-state index contributed by atoms with van der Waals surface area (Å²) < 4.78 is 0. The summed E-state index contributed by atoms with van der Waals surface area (Å²) in [6.45, 7) is 1.74. The monoisotopic (exact) mass is 359 g/mol. The zero-order valence-electron chi connectivity index (χ0n) is 13.6. The van der Waals surface area contributed by atoms with E-state index in [1.165, 1.54) is 6.07 Å². The van der Waals surface area contributed by atoms with E-state index in [-0.39, 0.29) is 6.54 Å². The Bertz CT molecular complexity index is 775. The SMILES string of the molecule is CCc1ccc(C(=O)NNC(=O)CNC(=O)c2cccc(Cl)c2)cc1. The van der Waals surface area contributed by atoms with Crippen LogP contribution in [0, 0.1) is 0 Å². The van der Waals surface area contributed by atoms with Crippen LogP contribution < -0.4 is 16.2 Å².